The first-order valence-electron chi connectivity index (χ1n) is 19.3. The number of ether oxygens (including phenoxy) is 4. The van der Waals surface area contributed by atoms with Crippen LogP contribution in [-0.2, 0) is 49.6 Å². The fraction of sp³-hybridized carbons (Fsp3) is 0.512. The molecule has 0 radical (unpaired) electrons. The highest BCUT2D eigenvalue weighted by molar-refractivity contribution is 7.90. The van der Waals surface area contributed by atoms with Crippen LogP contribution in [0.1, 0.15) is 107 Å². The summed E-state index contributed by atoms with van der Waals surface area (Å²) in [6.07, 6.45) is 0.947. The van der Waals surface area contributed by atoms with Gasteiger partial charge in [-0.1, -0.05) is 48.5 Å². The van der Waals surface area contributed by atoms with Crippen molar-refractivity contribution in [2.24, 2.45) is 5.92 Å². The van der Waals surface area contributed by atoms with E-state index in [1.54, 1.807) is 43.0 Å². The first-order valence-corrected chi connectivity index (χ1v) is 21.4. The van der Waals surface area contributed by atoms with E-state index in [0.29, 0.717) is 48.9 Å². The molecule has 0 aromatic heterocycles. The molecule has 2 aliphatic heterocycles. The highest BCUT2D eigenvalue weighted by atomic mass is 32.2. The maximum absolute atomic E-state index is 13.9. The molecule has 2 aliphatic rings. The maximum Gasteiger partial charge on any atom is 0.303 e. The predicted octanol–water partition coefficient (Wildman–Crippen LogP) is 6.24. The fourth-order valence-corrected chi connectivity index (χ4v) is 8.18. The number of esters is 2. The number of amides is 1. The number of unbranched alkanes of at least 4 members (excludes halogenated alkanes) is 1. The van der Waals surface area contributed by atoms with Gasteiger partial charge in [0.25, 0.3) is 0 Å². The molecule has 12 nitrogen and oxygen atoms in total. The molecule has 2 fully saturated rings. The second kappa shape index (κ2) is 18.6. The van der Waals surface area contributed by atoms with E-state index in [2.05, 4.69) is 0 Å². The number of nitrogens with zero attached hydrogens (tertiary/aromatic N) is 1. The van der Waals surface area contributed by atoms with Gasteiger partial charge in [0.05, 0.1) is 31.3 Å². The average Bonchev–Trinajstić information content (AvgIpc) is 3.15. The molecule has 2 heterocycles. The van der Waals surface area contributed by atoms with Gasteiger partial charge in [0.15, 0.2) is 11.4 Å². The third-order valence-electron chi connectivity index (χ3n) is 10.6. The number of aryl methyl sites for hydroxylation is 1. The van der Waals surface area contributed by atoms with E-state index in [4.69, 9.17) is 18.9 Å². The van der Waals surface area contributed by atoms with Crippen LogP contribution in [0.15, 0.2) is 72.8 Å². The molecule has 310 valence electrons. The largest absolute Gasteiger partial charge is 0.458 e. The summed E-state index contributed by atoms with van der Waals surface area (Å²) in [6.45, 7) is 6.26. The summed E-state index contributed by atoms with van der Waals surface area (Å²) in [5, 5.41) is 22.3. The van der Waals surface area contributed by atoms with Gasteiger partial charge in [0, 0.05) is 31.5 Å². The van der Waals surface area contributed by atoms with E-state index in [1.165, 1.54) is 32.2 Å². The van der Waals surface area contributed by atoms with Gasteiger partial charge in [-0.25, -0.2) is 12.8 Å². The summed E-state index contributed by atoms with van der Waals surface area (Å²) in [6, 6.07) is 19.9. The van der Waals surface area contributed by atoms with Crippen LogP contribution in [-0.4, -0.2) is 79.2 Å². The van der Waals surface area contributed by atoms with Gasteiger partial charge in [-0.15, -0.1) is 0 Å². The lowest BCUT2D eigenvalue weighted by Crippen LogP contribution is -2.55. The molecule has 2 saturated heterocycles. The number of aliphatic hydroxyl groups excluding tert-OH is 2. The minimum atomic E-state index is -3.03. The van der Waals surface area contributed by atoms with Gasteiger partial charge in [-0.2, -0.15) is 0 Å². The highest BCUT2D eigenvalue weighted by Gasteiger charge is 2.49. The van der Waals surface area contributed by atoms with E-state index in [0.717, 1.165) is 11.1 Å². The Morgan fingerprint density at radius 3 is 2.09 bits per heavy atom. The molecular formula is C43H54FNO11S. The Morgan fingerprint density at radius 2 is 1.51 bits per heavy atom. The Kier molecular flexibility index (Phi) is 14.3. The Bertz CT molecular complexity index is 1940. The van der Waals surface area contributed by atoms with Crippen LogP contribution in [0.2, 0.25) is 0 Å². The lowest BCUT2D eigenvalue weighted by molar-refractivity contribution is -0.306. The van der Waals surface area contributed by atoms with Crippen molar-refractivity contribution in [2.45, 2.75) is 108 Å². The van der Waals surface area contributed by atoms with Crippen LogP contribution in [0.5, 0.6) is 0 Å². The van der Waals surface area contributed by atoms with E-state index in [9.17, 15) is 37.4 Å². The number of halogens is 1. The van der Waals surface area contributed by atoms with Crippen molar-refractivity contribution in [1.29, 1.82) is 0 Å². The van der Waals surface area contributed by atoms with Gasteiger partial charge in [-0.05, 0) is 105 Å². The van der Waals surface area contributed by atoms with Crippen LogP contribution in [0, 0.1) is 11.7 Å². The van der Waals surface area contributed by atoms with E-state index in [-0.39, 0.29) is 37.7 Å². The minimum Gasteiger partial charge on any atom is -0.458 e. The van der Waals surface area contributed by atoms with Gasteiger partial charge < -0.3 is 34.1 Å². The summed E-state index contributed by atoms with van der Waals surface area (Å²) < 4.78 is 59.4. The molecule has 3 aromatic carbocycles. The summed E-state index contributed by atoms with van der Waals surface area (Å²) in [7, 11) is -3.03. The number of carbonyl (C=O) groups excluding carboxylic acids is 3. The van der Waals surface area contributed by atoms with Crippen molar-refractivity contribution in [3.63, 3.8) is 0 Å². The standard InChI is InChI=1S/C43H54FNO11S/c1-28(46)55-38(31-15-17-34(44)18-16-31)22-21-36-39(45(41(36)50)35-19-9-30(10-20-35)8-6-7-25-57(5,51)52)32-11-13-33(14-12-32)40(49)37(48)23-24-43(56-29(2)47)26-53-42(3,4)54-27-43/h9-20,36-40,48-49H,6-8,21-27H2,1-5H3/t36?,37?,38-,39+,40?/m0/s1. The number of sulfone groups is 1. The minimum absolute atomic E-state index is 0.0779. The van der Waals surface area contributed by atoms with Crippen molar-refractivity contribution in [3.05, 3.63) is 101 Å². The molecule has 14 heteroatoms. The van der Waals surface area contributed by atoms with Crippen LogP contribution in [0.4, 0.5) is 10.1 Å². The van der Waals surface area contributed by atoms with E-state index in [1.807, 2.05) is 36.4 Å². The molecule has 0 aliphatic carbocycles. The normalized spacial score (nSPS) is 20.6. The number of rotatable bonds is 18. The zero-order valence-electron chi connectivity index (χ0n) is 33.2. The number of anilines is 1. The SMILES string of the molecule is CC(=O)O[C@@H](CCC1C(=O)N(c2ccc(CCCCS(C)(=O)=O)cc2)[C@@H]1c1ccc(C(O)C(O)CCC2(OC(C)=O)COC(C)(C)OC2)cc1)c1ccc(F)cc1. The second-order valence-electron chi connectivity index (χ2n) is 15.7. The fourth-order valence-electron chi connectivity index (χ4n) is 7.45. The average molecular weight is 812 g/mol. The third-order valence-corrected chi connectivity index (χ3v) is 11.6. The number of carbonyl (C=O) groups is 3. The Hall–Kier alpha value is -4.21. The van der Waals surface area contributed by atoms with E-state index >= 15 is 0 Å². The lowest BCUT2D eigenvalue weighted by atomic mass is 9.78. The van der Waals surface area contributed by atoms with Crippen LogP contribution >= 0.6 is 0 Å². The topological polar surface area (TPSA) is 166 Å². The second-order valence-corrected chi connectivity index (χ2v) is 18.0. The smallest absolute Gasteiger partial charge is 0.303 e. The Balaban J connectivity index is 1.32. The van der Waals surface area contributed by atoms with Crippen LogP contribution in [0.25, 0.3) is 0 Å². The highest BCUT2D eigenvalue weighted by Crippen LogP contribution is 2.47. The molecule has 57 heavy (non-hydrogen) atoms. The Labute approximate surface area is 334 Å². The molecule has 3 aromatic rings. The quantitative estimate of drug-likeness (QED) is 0.0849. The van der Waals surface area contributed by atoms with Crippen LogP contribution < -0.4 is 4.90 Å². The molecular weight excluding hydrogens is 758 g/mol. The molecule has 5 rings (SSSR count). The van der Waals surface area contributed by atoms with Gasteiger partial charge >= 0.3 is 11.9 Å². The molecule has 1 amide bonds. The first-order chi connectivity index (χ1) is 26.9. The van der Waals surface area contributed by atoms with Gasteiger partial charge in [0.2, 0.25) is 5.91 Å². The number of benzene rings is 3. The number of hydrogen-bond acceptors (Lipinski definition) is 11. The zero-order chi connectivity index (χ0) is 41.5. The van der Waals surface area contributed by atoms with Crippen molar-refractivity contribution in [1.82, 2.24) is 0 Å². The Morgan fingerprint density at radius 1 is 0.895 bits per heavy atom. The summed E-state index contributed by atoms with van der Waals surface area (Å²) in [4.78, 5) is 39.6. The first kappa shape index (κ1) is 43.9. The number of aliphatic hydroxyl groups is 2. The van der Waals surface area contributed by atoms with Crippen molar-refractivity contribution in [2.75, 3.05) is 30.1 Å². The third kappa shape index (κ3) is 11.9. The lowest BCUT2D eigenvalue weighted by Gasteiger charge is -2.48. The number of hydrogen-bond donors (Lipinski definition) is 2. The molecule has 0 saturated carbocycles. The summed E-state index contributed by atoms with van der Waals surface area (Å²) >= 11 is 0. The summed E-state index contributed by atoms with van der Waals surface area (Å²) in [5.74, 6) is -2.77. The van der Waals surface area contributed by atoms with E-state index < -0.39 is 69.3 Å². The zero-order valence-corrected chi connectivity index (χ0v) is 34.0. The van der Waals surface area contributed by atoms with Crippen molar-refractivity contribution >= 4 is 33.4 Å². The van der Waals surface area contributed by atoms with Gasteiger partial charge in [-0.3, -0.25) is 14.4 Å². The molecule has 0 spiro atoms. The molecule has 3 unspecified atom stereocenters. The maximum atomic E-state index is 13.9. The molecule has 0 bridgehead atoms. The van der Waals surface area contributed by atoms with Gasteiger partial charge in [0.1, 0.15) is 27.9 Å². The van der Waals surface area contributed by atoms with Crippen molar-refractivity contribution in [3.8, 4) is 0 Å². The molecule has 5 atom stereocenters. The van der Waals surface area contributed by atoms with Crippen molar-refractivity contribution < 1.29 is 56.4 Å². The van der Waals surface area contributed by atoms with Crippen LogP contribution in [0.3, 0.4) is 0 Å². The molecule has 2 N–H and O–H groups in total. The monoisotopic (exact) mass is 811 g/mol. The predicted molar refractivity (Wildman–Crippen MR) is 210 cm³/mol. The summed E-state index contributed by atoms with van der Waals surface area (Å²) in [5.41, 5.74) is 2.43. The number of β-lactam (4-membered cyclic amide) rings is 1.